The van der Waals surface area contributed by atoms with E-state index < -0.39 is 0 Å². The Bertz CT molecular complexity index is 647. The Morgan fingerprint density at radius 2 is 1.91 bits per heavy atom. The number of halogens is 1. The maximum absolute atomic E-state index is 10.4. The van der Waals surface area contributed by atoms with Gasteiger partial charge in [0.05, 0.1) is 16.8 Å². The van der Waals surface area contributed by atoms with Gasteiger partial charge in [0, 0.05) is 25.6 Å². The van der Waals surface area contributed by atoms with E-state index in [-0.39, 0.29) is 12.0 Å². The van der Waals surface area contributed by atoms with E-state index in [1.165, 1.54) is 5.56 Å². The van der Waals surface area contributed by atoms with Gasteiger partial charge in [-0.1, -0.05) is 48.0 Å². The van der Waals surface area contributed by atoms with E-state index in [9.17, 15) is 5.11 Å². The van der Waals surface area contributed by atoms with Crippen LogP contribution in [0.25, 0.3) is 0 Å². The van der Waals surface area contributed by atoms with Crippen LogP contribution in [0.1, 0.15) is 17.5 Å². The molecule has 2 aromatic carbocycles. The zero-order valence-electron chi connectivity index (χ0n) is 13.2. The van der Waals surface area contributed by atoms with Crippen molar-refractivity contribution in [1.82, 2.24) is 4.90 Å². The van der Waals surface area contributed by atoms with Crippen LogP contribution in [-0.4, -0.2) is 29.2 Å². The van der Waals surface area contributed by atoms with Gasteiger partial charge in [0.2, 0.25) is 0 Å². The van der Waals surface area contributed by atoms with E-state index in [1.807, 2.05) is 24.3 Å². The van der Waals surface area contributed by atoms with Crippen LogP contribution in [0.15, 0.2) is 48.5 Å². The lowest BCUT2D eigenvalue weighted by Crippen LogP contribution is -2.43. The van der Waals surface area contributed by atoms with Crippen LogP contribution in [0.4, 0.5) is 5.69 Å². The summed E-state index contributed by atoms with van der Waals surface area (Å²) >= 11 is 5.98. The molecule has 3 N–H and O–H groups in total. The van der Waals surface area contributed by atoms with E-state index >= 15 is 0 Å². The third-order valence-electron chi connectivity index (χ3n) is 4.59. The summed E-state index contributed by atoms with van der Waals surface area (Å²) in [6.45, 7) is 2.78. The van der Waals surface area contributed by atoms with Crippen LogP contribution in [-0.2, 0) is 13.0 Å². The van der Waals surface area contributed by atoms with Crippen molar-refractivity contribution in [3.8, 4) is 0 Å². The molecular formula is C19H23ClN2O. The molecule has 0 saturated carbocycles. The highest BCUT2D eigenvalue weighted by atomic mass is 35.5. The third-order valence-corrected chi connectivity index (χ3v) is 4.93. The highest BCUT2D eigenvalue weighted by Gasteiger charge is 2.27. The lowest BCUT2D eigenvalue weighted by atomic mass is 9.88. The number of nitrogens with two attached hydrogens (primary N) is 1. The number of rotatable bonds is 4. The molecule has 3 nitrogen and oxygen atoms in total. The molecule has 0 spiro atoms. The van der Waals surface area contributed by atoms with Crippen molar-refractivity contribution < 1.29 is 5.11 Å². The van der Waals surface area contributed by atoms with Crippen molar-refractivity contribution in [2.24, 2.45) is 5.92 Å². The molecule has 1 heterocycles. The van der Waals surface area contributed by atoms with Crippen LogP contribution >= 0.6 is 11.6 Å². The molecule has 4 heteroatoms. The van der Waals surface area contributed by atoms with Gasteiger partial charge in [0.15, 0.2) is 0 Å². The summed E-state index contributed by atoms with van der Waals surface area (Å²) in [7, 11) is 0. The molecule has 2 atom stereocenters. The van der Waals surface area contributed by atoms with E-state index in [2.05, 4.69) is 29.2 Å². The van der Waals surface area contributed by atoms with Crippen LogP contribution in [0.3, 0.4) is 0 Å². The number of piperidine rings is 1. The van der Waals surface area contributed by atoms with Crippen LogP contribution in [0, 0.1) is 5.92 Å². The Labute approximate surface area is 142 Å². The second kappa shape index (κ2) is 7.35. The minimum Gasteiger partial charge on any atom is -0.398 e. The Kier molecular flexibility index (Phi) is 5.21. The fraction of sp³-hybridized carbons (Fsp3) is 0.368. The summed E-state index contributed by atoms with van der Waals surface area (Å²) in [6, 6.07) is 16.2. The topological polar surface area (TPSA) is 49.5 Å². The summed E-state index contributed by atoms with van der Waals surface area (Å²) in [6.07, 6.45) is 1.40. The summed E-state index contributed by atoms with van der Waals surface area (Å²) in [5, 5.41) is 10.9. The van der Waals surface area contributed by atoms with Gasteiger partial charge in [-0.15, -0.1) is 0 Å². The average molecular weight is 331 g/mol. The first-order chi connectivity index (χ1) is 11.1. The summed E-state index contributed by atoms with van der Waals surface area (Å²) in [5.74, 6) is 0.230. The number of likely N-dealkylation sites (tertiary alicyclic amines) is 1. The van der Waals surface area contributed by atoms with Crippen molar-refractivity contribution in [3.05, 3.63) is 64.7 Å². The number of nitrogen functional groups attached to an aromatic ring is 1. The first kappa shape index (κ1) is 16.3. The predicted octanol–water partition coefficient (Wildman–Crippen LogP) is 3.35. The van der Waals surface area contributed by atoms with E-state index in [0.717, 1.165) is 38.0 Å². The molecule has 0 amide bonds. The van der Waals surface area contributed by atoms with Crippen molar-refractivity contribution in [1.29, 1.82) is 0 Å². The van der Waals surface area contributed by atoms with E-state index in [1.54, 1.807) is 0 Å². The zero-order chi connectivity index (χ0) is 16.2. The Morgan fingerprint density at radius 3 is 2.65 bits per heavy atom. The molecular weight excluding hydrogens is 308 g/mol. The first-order valence-electron chi connectivity index (χ1n) is 8.10. The standard InChI is InChI=1S/C19H23ClN2O/c20-17-7-6-15(11-18(17)21)10-16-13-22(9-8-19(16)23)12-14-4-2-1-3-5-14/h1-7,11,16,19,23H,8-10,12-13,21H2. The van der Waals surface area contributed by atoms with Crippen molar-refractivity contribution in [2.75, 3.05) is 18.8 Å². The maximum Gasteiger partial charge on any atom is 0.0635 e. The van der Waals surface area contributed by atoms with Crippen LogP contribution in [0.5, 0.6) is 0 Å². The van der Waals surface area contributed by atoms with Gasteiger partial charge in [-0.2, -0.15) is 0 Å². The fourth-order valence-corrected chi connectivity index (χ4v) is 3.42. The highest BCUT2D eigenvalue weighted by Crippen LogP contribution is 2.26. The molecule has 1 saturated heterocycles. The van der Waals surface area contributed by atoms with Gasteiger partial charge in [-0.25, -0.2) is 0 Å². The normalized spacial score (nSPS) is 22.2. The van der Waals surface area contributed by atoms with Gasteiger partial charge in [-0.05, 0) is 36.1 Å². The molecule has 23 heavy (non-hydrogen) atoms. The van der Waals surface area contributed by atoms with Crippen LogP contribution in [0.2, 0.25) is 5.02 Å². The summed E-state index contributed by atoms with van der Waals surface area (Å²) in [4.78, 5) is 2.42. The number of aliphatic hydroxyl groups is 1. The second-order valence-electron chi connectivity index (χ2n) is 6.40. The second-order valence-corrected chi connectivity index (χ2v) is 6.80. The molecule has 122 valence electrons. The van der Waals surface area contributed by atoms with Crippen molar-refractivity contribution in [3.63, 3.8) is 0 Å². The lowest BCUT2D eigenvalue weighted by Gasteiger charge is -2.36. The van der Waals surface area contributed by atoms with E-state index in [0.29, 0.717) is 10.7 Å². The molecule has 0 aromatic heterocycles. The Hall–Kier alpha value is -1.55. The Balaban J connectivity index is 1.64. The fourth-order valence-electron chi connectivity index (χ4n) is 3.30. The number of anilines is 1. The van der Waals surface area contributed by atoms with Gasteiger partial charge >= 0.3 is 0 Å². The van der Waals surface area contributed by atoms with Gasteiger partial charge in [-0.3, -0.25) is 4.90 Å². The molecule has 0 radical (unpaired) electrons. The van der Waals surface area contributed by atoms with Crippen molar-refractivity contribution >= 4 is 17.3 Å². The largest absolute Gasteiger partial charge is 0.398 e. The number of aliphatic hydroxyl groups excluding tert-OH is 1. The van der Waals surface area contributed by atoms with Crippen molar-refractivity contribution in [2.45, 2.75) is 25.5 Å². The maximum atomic E-state index is 10.4. The SMILES string of the molecule is Nc1cc(CC2CN(Cc3ccccc3)CCC2O)ccc1Cl. The molecule has 0 aliphatic carbocycles. The average Bonchev–Trinajstić information content (AvgIpc) is 2.55. The zero-order valence-corrected chi connectivity index (χ0v) is 13.9. The molecule has 1 aliphatic rings. The van der Waals surface area contributed by atoms with Gasteiger partial charge in [0.1, 0.15) is 0 Å². The van der Waals surface area contributed by atoms with Gasteiger partial charge < -0.3 is 10.8 Å². The molecule has 3 rings (SSSR count). The number of hydrogen-bond donors (Lipinski definition) is 2. The van der Waals surface area contributed by atoms with E-state index in [4.69, 9.17) is 17.3 Å². The number of benzene rings is 2. The quantitative estimate of drug-likeness (QED) is 0.845. The molecule has 0 bridgehead atoms. The molecule has 2 unspecified atom stereocenters. The highest BCUT2D eigenvalue weighted by molar-refractivity contribution is 6.33. The first-order valence-corrected chi connectivity index (χ1v) is 8.48. The minimum absolute atomic E-state index is 0.230. The van der Waals surface area contributed by atoms with Gasteiger partial charge in [0.25, 0.3) is 0 Å². The molecule has 1 fully saturated rings. The third kappa shape index (κ3) is 4.25. The van der Waals surface area contributed by atoms with Crippen LogP contribution < -0.4 is 5.73 Å². The number of nitrogens with zero attached hydrogens (tertiary/aromatic N) is 1. The smallest absolute Gasteiger partial charge is 0.0635 e. The molecule has 1 aliphatic heterocycles. The monoisotopic (exact) mass is 330 g/mol. The Morgan fingerprint density at radius 1 is 1.13 bits per heavy atom. The lowest BCUT2D eigenvalue weighted by molar-refractivity contribution is 0.0239. The number of hydrogen-bond acceptors (Lipinski definition) is 3. The molecule has 2 aromatic rings. The summed E-state index contributed by atoms with van der Waals surface area (Å²) in [5.41, 5.74) is 8.95. The minimum atomic E-state index is -0.251. The summed E-state index contributed by atoms with van der Waals surface area (Å²) < 4.78 is 0. The predicted molar refractivity (Wildman–Crippen MR) is 95.4 cm³/mol.